The molecule has 0 fully saturated rings. The van der Waals surface area contributed by atoms with Crippen LogP contribution in [0.15, 0.2) is 16.9 Å². The zero-order chi connectivity index (χ0) is 13.2. The lowest BCUT2D eigenvalue weighted by molar-refractivity contribution is 0.326. The van der Waals surface area contributed by atoms with Crippen molar-refractivity contribution in [2.75, 3.05) is 6.54 Å². The molecule has 0 aromatic carbocycles. The van der Waals surface area contributed by atoms with Gasteiger partial charge in [-0.2, -0.15) is 4.98 Å². The number of rotatable bonds is 4. The van der Waals surface area contributed by atoms with Gasteiger partial charge in [0, 0.05) is 31.4 Å². The van der Waals surface area contributed by atoms with Crippen LogP contribution in [-0.4, -0.2) is 26.2 Å². The molecule has 0 saturated heterocycles. The van der Waals surface area contributed by atoms with Gasteiger partial charge in [0.2, 0.25) is 5.89 Å². The highest BCUT2D eigenvalue weighted by atomic mass is 16.5. The summed E-state index contributed by atoms with van der Waals surface area (Å²) in [5, 5.41) is 7.28. The van der Waals surface area contributed by atoms with E-state index in [1.807, 2.05) is 20.0 Å². The molecule has 2 aromatic heterocycles. The van der Waals surface area contributed by atoms with Crippen LogP contribution < -0.4 is 5.32 Å². The fraction of sp³-hybridized carbons (Fsp3) is 0.615. The van der Waals surface area contributed by atoms with Gasteiger partial charge in [-0.3, -0.25) is 0 Å². The van der Waals surface area contributed by atoms with Gasteiger partial charge in [0.15, 0.2) is 5.82 Å². The molecule has 1 aliphatic rings. The number of aromatic nitrogens is 4. The summed E-state index contributed by atoms with van der Waals surface area (Å²) in [6, 6.07) is 0.0755. The first kappa shape index (κ1) is 12.3. The molecule has 6 nitrogen and oxygen atoms in total. The van der Waals surface area contributed by atoms with Crippen LogP contribution in [0, 0.1) is 6.92 Å². The zero-order valence-corrected chi connectivity index (χ0v) is 11.3. The summed E-state index contributed by atoms with van der Waals surface area (Å²) in [7, 11) is 0. The molecule has 102 valence electrons. The molecule has 0 saturated carbocycles. The van der Waals surface area contributed by atoms with Gasteiger partial charge in [0.1, 0.15) is 5.82 Å². The maximum absolute atomic E-state index is 5.18. The summed E-state index contributed by atoms with van der Waals surface area (Å²) < 4.78 is 7.42. The summed E-state index contributed by atoms with van der Waals surface area (Å²) in [6.45, 7) is 5.85. The first-order valence-electron chi connectivity index (χ1n) is 6.78. The third-order valence-corrected chi connectivity index (χ3v) is 3.65. The Hall–Kier alpha value is -1.69. The molecule has 0 aliphatic carbocycles. The highest BCUT2D eigenvalue weighted by Gasteiger charge is 2.22. The number of nitrogens with one attached hydrogen (secondary N) is 1. The van der Waals surface area contributed by atoms with Crippen LogP contribution in [0.1, 0.15) is 49.3 Å². The highest BCUT2D eigenvalue weighted by molar-refractivity contribution is 5.04. The Morgan fingerprint density at radius 3 is 3.26 bits per heavy atom. The Labute approximate surface area is 112 Å². The van der Waals surface area contributed by atoms with Crippen molar-refractivity contribution in [3.8, 4) is 0 Å². The number of aryl methyl sites for hydroxylation is 2. The van der Waals surface area contributed by atoms with Gasteiger partial charge in [-0.25, -0.2) is 4.98 Å². The van der Waals surface area contributed by atoms with Crippen molar-refractivity contribution in [1.29, 1.82) is 0 Å². The molecule has 2 atom stereocenters. The van der Waals surface area contributed by atoms with Crippen LogP contribution in [-0.2, 0) is 6.54 Å². The van der Waals surface area contributed by atoms with Gasteiger partial charge in [0.05, 0.1) is 6.04 Å². The van der Waals surface area contributed by atoms with Crippen molar-refractivity contribution in [3.05, 3.63) is 29.9 Å². The Balaban J connectivity index is 1.62. The fourth-order valence-corrected chi connectivity index (χ4v) is 2.60. The second-order valence-electron chi connectivity index (χ2n) is 5.13. The van der Waals surface area contributed by atoms with Crippen LogP contribution in [0.5, 0.6) is 0 Å². The second kappa shape index (κ2) is 5.13. The van der Waals surface area contributed by atoms with E-state index >= 15 is 0 Å². The van der Waals surface area contributed by atoms with Crippen LogP contribution in [0.4, 0.5) is 0 Å². The van der Waals surface area contributed by atoms with Crippen LogP contribution in [0.2, 0.25) is 0 Å². The molecule has 6 heteroatoms. The molecule has 0 spiro atoms. The molecule has 0 bridgehead atoms. The van der Waals surface area contributed by atoms with Gasteiger partial charge < -0.3 is 14.4 Å². The Morgan fingerprint density at radius 2 is 2.47 bits per heavy atom. The Morgan fingerprint density at radius 1 is 1.58 bits per heavy atom. The van der Waals surface area contributed by atoms with Crippen molar-refractivity contribution in [2.24, 2.45) is 0 Å². The average Bonchev–Trinajstić information content (AvgIpc) is 3.04. The van der Waals surface area contributed by atoms with Crippen molar-refractivity contribution >= 4 is 0 Å². The number of hydrogen-bond acceptors (Lipinski definition) is 5. The summed E-state index contributed by atoms with van der Waals surface area (Å²) in [4.78, 5) is 8.71. The molecule has 1 aliphatic heterocycles. The molecule has 0 radical (unpaired) electrons. The minimum Gasteiger partial charge on any atom is -0.338 e. The van der Waals surface area contributed by atoms with E-state index in [0.717, 1.165) is 13.1 Å². The number of imidazole rings is 1. The van der Waals surface area contributed by atoms with Gasteiger partial charge in [-0.05, 0) is 26.7 Å². The lowest BCUT2D eigenvalue weighted by Crippen LogP contribution is -2.28. The van der Waals surface area contributed by atoms with Crippen molar-refractivity contribution in [3.63, 3.8) is 0 Å². The predicted octanol–water partition coefficient (Wildman–Crippen LogP) is 1.80. The van der Waals surface area contributed by atoms with Gasteiger partial charge in [-0.15, -0.1) is 0 Å². The minimum atomic E-state index is 0.0755. The van der Waals surface area contributed by atoms with Gasteiger partial charge in [0.25, 0.3) is 0 Å². The van der Waals surface area contributed by atoms with E-state index in [2.05, 4.69) is 31.2 Å². The summed E-state index contributed by atoms with van der Waals surface area (Å²) >= 11 is 0. The molecule has 19 heavy (non-hydrogen) atoms. The molecule has 1 N–H and O–H groups in total. The largest absolute Gasteiger partial charge is 0.338 e. The SMILES string of the molecule is Cc1noc([C@@H](C)NC[C@H]2CCCn3ccnc32)n1. The van der Waals surface area contributed by atoms with Gasteiger partial charge >= 0.3 is 0 Å². The van der Waals surface area contributed by atoms with E-state index < -0.39 is 0 Å². The Kier molecular flexibility index (Phi) is 3.33. The molecule has 0 amide bonds. The predicted molar refractivity (Wildman–Crippen MR) is 69.7 cm³/mol. The molecular formula is C13H19N5O. The summed E-state index contributed by atoms with van der Waals surface area (Å²) in [5.74, 6) is 2.98. The van der Waals surface area contributed by atoms with E-state index in [9.17, 15) is 0 Å². The highest BCUT2D eigenvalue weighted by Crippen LogP contribution is 2.25. The topological polar surface area (TPSA) is 68.8 Å². The lowest BCUT2D eigenvalue weighted by atomic mass is 9.98. The van der Waals surface area contributed by atoms with Crippen LogP contribution in [0.25, 0.3) is 0 Å². The third kappa shape index (κ3) is 2.53. The van der Waals surface area contributed by atoms with E-state index in [0.29, 0.717) is 17.6 Å². The molecular weight excluding hydrogens is 242 g/mol. The number of nitrogens with zero attached hydrogens (tertiary/aromatic N) is 4. The first-order chi connectivity index (χ1) is 9.24. The normalized spacial score (nSPS) is 20.2. The monoisotopic (exact) mass is 261 g/mol. The van der Waals surface area contributed by atoms with Crippen molar-refractivity contribution < 1.29 is 4.52 Å². The van der Waals surface area contributed by atoms with Crippen LogP contribution in [0.3, 0.4) is 0 Å². The first-order valence-corrected chi connectivity index (χ1v) is 6.78. The molecule has 2 aromatic rings. The maximum Gasteiger partial charge on any atom is 0.243 e. The van der Waals surface area contributed by atoms with Crippen molar-refractivity contribution in [2.45, 2.75) is 45.2 Å². The molecule has 0 unspecified atom stereocenters. The smallest absolute Gasteiger partial charge is 0.243 e. The second-order valence-corrected chi connectivity index (χ2v) is 5.13. The average molecular weight is 261 g/mol. The van der Waals surface area contributed by atoms with Gasteiger partial charge in [-0.1, -0.05) is 5.16 Å². The summed E-state index contributed by atoms with van der Waals surface area (Å²) in [5.41, 5.74) is 0. The maximum atomic E-state index is 5.18. The van der Waals surface area contributed by atoms with E-state index in [1.165, 1.54) is 18.7 Å². The standard InChI is InChI=1S/C13H19N5O/c1-9(13-16-10(2)17-19-13)15-8-11-4-3-6-18-7-5-14-12(11)18/h5,7,9,11,15H,3-4,6,8H2,1-2H3/t9-,11-/m1/s1. The molecule has 3 rings (SSSR count). The van der Waals surface area contributed by atoms with E-state index in [4.69, 9.17) is 4.52 Å². The number of fused-ring (bicyclic) bond motifs is 1. The lowest BCUT2D eigenvalue weighted by Gasteiger charge is -2.24. The van der Waals surface area contributed by atoms with Crippen molar-refractivity contribution in [1.82, 2.24) is 25.0 Å². The van der Waals surface area contributed by atoms with E-state index in [1.54, 1.807) is 0 Å². The third-order valence-electron chi connectivity index (χ3n) is 3.65. The minimum absolute atomic E-state index is 0.0755. The fourth-order valence-electron chi connectivity index (χ4n) is 2.60. The molecule has 3 heterocycles. The van der Waals surface area contributed by atoms with Crippen LogP contribution >= 0.6 is 0 Å². The number of hydrogen-bond donors (Lipinski definition) is 1. The van der Waals surface area contributed by atoms with E-state index in [-0.39, 0.29) is 6.04 Å². The zero-order valence-electron chi connectivity index (χ0n) is 11.3. The quantitative estimate of drug-likeness (QED) is 0.909. The Bertz CT molecular complexity index is 547. The summed E-state index contributed by atoms with van der Waals surface area (Å²) in [6.07, 6.45) is 6.34.